The lowest BCUT2D eigenvalue weighted by molar-refractivity contribution is -0.146. The van der Waals surface area contributed by atoms with Gasteiger partial charge in [-0.1, -0.05) is 31.2 Å². The van der Waals surface area contributed by atoms with E-state index in [0.29, 0.717) is 51.4 Å². The lowest BCUT2D eigenvalue weighted by Crippen LogP contribution is -2.51. The standard InChI is InChI=1S/C26H31N9O4S/c1-16-6-7-34(13-20(36)33-8-10-39-11-9-33)25(38)21(16)23-31-26(35(32-23)24(37)19-14-40-15-30-19)29-12-17-2-4-18(5-3-17)22(27)28/h2-5,14-16,21H,6-13H2,1H3,(H3,27,28)(H,29,31,32). The Bertz CT molecular complexity index is 1380. The van der Waals surface area contributed by atoms with Crippen molar-refractivity contribution in [1.82, 2.24) is 29.5 Å². The third kappa shape index (κ3) is 5.87. The van der Waals surface area contributed by atoms with Gasteiger partial charge in [0.25, 0.3) is 0 Å². The smallest absolute Gasteiger partial charge is 0.300 e. The van der Waals surface area contributed by atoms with Crippen LogP contribution >= 0.6 is 11.3 Å². The number of aromatic nitrogens is 4. The quantitative estimate of drug-likeness (QED) is 0.267. The molecule has 1 aromatic carbocycles. The number of carbonyl (C=O) groups excluding carboxylic acids is 3. The number of anilines is 1. The average molecular weight is 566 g/mol. The van der Waals surface area contributed by atoms with Crippen molar-refractivity contribution >= 4 is 40.8 Å². The summed E-state index contributed by atoms with van der Waals surface area (Å²) in [5.74, 6) is -1.21. The maximum Gasteiger partial charge on any atom is 0.300 e. The number of nitrogen functional groups attached to an aromatic ring is 1. The Hall–Kier alpha value is -4.17. The number of carbonyl (C=O) groups is 3. The second-order valence-electron chi connectivity index (χ2n) is 9.84. The molecular formula is C26H31N9O4S. The molecule has 0 radical (unpaired) electrons. The van der Waals surface area contributed by atoms with Gasteiger partial charge in [0, 0.05) is 37.1 Å². The van der Waals surface area contributed by atoms with Crippen molar-refractivity contribution in [3.05, 3.63) is 57.8 Å². The Morgan fingerprint density at radius 2 is 1.95 bits per heavy atom. The molecule has 14 heteroatoms. The zero-order valence-electron chi connectivity index (χ0n) is 22.1. The maximum atomic E-state index is 13.6. The fourth-order valence-corrected chi connectivity index (χ4v) is 5.33. The minimum atomic E-state index is -0.703. The van der Waals surface area contributed by atoms with Crippen molar-refractivity contribution < 1.29 is 19.1 Å². The molecule has 5 rings (SSSR count). The molecule has 0 spiro atoms. The molecule has 4 heterocycles. The molecule has 0 bridgehead atoms. The SMILES string of the molecule is CC1CCN(CC(=O)N2CCOCC2)C(=O)C1c1nc(NCc2ccc(C(=N)N)cc2)n(C(=O)c2cscn2)n1. The Labute approximate surface area is 234 Å². The minimum Gasteiger partial charge on any atom is -0.384 e. The molecule has 2 aliphatic rings. The van der Waals surface area contributed by atoms with Gasteiger partial charge in [-0.3, -0.25) is 19.8 Å². The van der Waals surface area contributed by atoms with E-state index in [2.05, 4.69) is 20.4 Å². The number of nitrogens with one attached hydrogen (secondary N) is 2. The molecule has 0 aliphatic carbocycles. The van der Waals surface area contributed by atoms with E-state index in [1.165, 1.54) is 11.3 Å². The second-order valence-corrected chi connectivity index (χ2v) is 10.6. The van der Waals surface area contributed by atoms with E-state index in [9.17, 15) is 14.4 Å². The Balaban J connectivity index is 1.38. The monoisotopic (exact) mass is 565 g/mol. The molecule has 2 fully saturated rings. The number of thiazole rings is 1. The summed E-state index contributed by atoms with van der Waals surface area (Å²) in [6.07, 6.45) is 0.673. The number of ether oxygens (including phenoxy) is 1. The first-order chi connectivity index (χ1) is 19.3. The normalized spacial score (nSPS) is 19.5. The van der Waals surface area contributed by atoms with Crippen LogP contribution in [-0.4, -0.2) is 92.5 Å². The van der Waals surface area contributed by atoms with Crippen molar-refractivity contribution in [3.63, 3.8) is 0 Å². The number of nitrogens with two attached hydrogens (primary N) is 1. The highest BCUT2D eigenvalue weighted by Gasteiger charge is 2.40. The summed E-state index contributed by atoms with van der Waals surface area (Å²) in [6.45, 7) is 4.73. The zero-order chi connectivity index (χ0) is 28.2. The lowest BCUT2D eigenvalue weighted by Gasteiger charge is -2.36. The number of benzene rings is 1. The number of hydrogen-bond acceptors (Lipinski definition) is 10. The van der Waals surface area contributed by atoms with Crippen LogP contribution in [0.1, 0.15) is 46.7 Å². The van der Waals surface area contributed by atoms with Crippen LogP contribution in [0.2, 0.25) is 0 Å². The molecule has 2 unspecified atom stereocenters. The van der Waals surface area contributed by atoms with Gasteiger partial charge in [0.2, 0.25) is 17.8 Å². The first kappa shape index (κ1) is 27.4. The molecule has 2 aromatic heterocycles. The van der Waals surface area contributed by atoms with E-state index in [4.69, 9.17) is 15.9 Å². The Morgan fingerprint density at radius 1 is 1.20 bits per heavy atom. The molecule has 3 aromatic rings. The number of hydrogen-bond donors (Lipinski definition) is 3. The van der Waals surface area contributed by atoms with Crippen molar-refractivity contribution in [2.75, 3.05) is 44.7 Å². The van der Waals surface area contributed by atoms with E-state index < -0.39 is 11.8 Å². The predicted molar refractivity (Wildman–Crippen MR) is 147 cm³/mol. The molecular weight excluding hydrogens is 534 g/mol. The third-order valence-corrected chi connectivity index (χ3v) is 7.74. The van der Waals surface area contributed by atoms with Gasteiger partial charge in [0.05, 0.1) is 25.3 Å². The Kier molecular flexibility index (Phi) is 8.16. The topological polar surface area (TPSA) is 172 Å². The predicted octanol–water partition coefficient (Wildman–Crippen LogP) is 1.13. The van der Waals surface area contributed by atoms with E-state index in [1.54, 1.807) is 32.8 Å². The molecule has 210 valence electrons. The van der Waals surface area contributed by atoms with Crippen LogP contribution in [0.15, 0.2) is 35.2 Å². The summed E-state index contributed by atoms with van der Waals surface area (Å²) in [4.78, 5) is 51.8. The molecule has 4 N–H and O–H groups in total. The highest BCUT2D eigenvalue weighted by molar-refractivity contribution is 7.07. The van der Waals surface area contributed by atoms with Gasteiger partial charge in [-0.05, 0) is 17.9 Å². The molecule has 2 aliphatic heterocycles. The summed E-state index contributed by atoms with van der Waals surface area (Å²) in [6, 6.07) is 7.13. The van der Waals surface area contributed by atoms with Crippen molar-refractivity contribution in [1.29, 1.82) is 5.41 Å². The van der Waals surface area contributed by atoms with E-state index in [0.717, 1.165) is 10.2 Å². The van der Waals surface area contributed by atoms with Crippen molar-refractivity contribution in [2.45, 2.75) is 25.8 Å². The lowest BCUT2D eigenvalue weighted by atomic mass is 9.85. The highest BCUT2D eigenvalue weighted by Crippen LogP contribution is 2.32. The number of likely N-dealkylation sites (tertiary alicyclic amines) is 1. The number of nitrogens with zero attached hydrogens (tertiary/aromatic N) is 6. The number of amidine groups is 1. The van der Waals surface area contributed by atoms with Gasteiger partial charge in [0.1, 0.15) is 17.4 Å². The number of piperidine rings is 1. The Morgan fingerprint density at radius 3 is 2.62 bits per heavy atom. The van der Waals surface area contributed by atoms with Crippen LogP contribution in [0.3, 0.4) is 0 Å². The minimum absolute atomic E-state index is 0.0120. The molecule has 2 amide bonds. The summed E-state index contributed by atoms with van der Waals surface area (Å²) >= 11 is 1.29. The van der Waals surface area contributed by atoms with Gasteiger partial charge in [-0.25, -0.2) is 4.98 Å². The molecule has 0 saturated carbocycles. The molecule has 40 heavy (non-hydrogen) atoms. The van der Waals surface area contributed by atoms with Gasteiger partial charge >= 0.3 is 5.91 Å². The van der Waals surface area contributed by atoms with E-state index >= 15 is 0 Å². The van der Waals surface area contributed by atoms with Crippen LogP contribution < -0.4 is 11.1 Å². The van der Waals surface area contributed by atoms with Crippen LogP contribution in [-0.2, 0) is 20.9 Å². The van der Waals surface area contributed by atoms with Crippen molar-refractivity contribution in [2.24, 2.45) is 11.7 Å². The highest BCUT2D eigenvalue weighted by atomic mass is 32.1. The van der Waals surface area contributed by atoms with E-state index in [-0.39, 0.29) is 47.6 Å². The number of amides is 2. The molecule has 2 atom stereocenters. The number of morpholine rings is 1. The van der Waals surface area contributed by atoms with Gasteiger partial charge < -0.3 is 25.6 Å². The first-order valence-electron chi connectivity index (χ1n) is 13.0. The fraction of sp³-hybridized carbons (Fsp3) is 0.423. The van der Waals surface area contributed by atoms with E-state index in [1.807, 2.05) is 19.1 Å². The average Bonchev–Trinajstić information content (AvgIpc) is 3.65. The summed E-state index contributed by atoms with van der Waals surface area (Å²) in [5.41, 5.74) is 8.80. The molecule has 13 nitrogen and oxygen atoms in total. The van der Waals surface area contributed by atoms with Crippen LogP contribution in [0, 0.1) is 11.3 Å². The third-order valence-electron chi connectivity index (χ3n) is 7.15. The van der Waals surface area contributed by atoms with Crippen LogP contribution in [0.5, 0.6) is 0 Å². The molecule has 2 saturated heterocycles. The fourth-order valence-electron chi connectivity index (χ4n) is 4.80. The number of rotatable bonds is 8. The van der Waals surface area contributed by atoms with Gasteiger partial charge in [0.15, 0.2) is 5.82 Å². The van der Waals surface area contributed by atoms with Gasteiger partial charge in [-0.15, -0.1) is 16.4 Å². The second kappa shape index (κ2) is 11.9. The maximum absolute atomic E-state index is 13.6. The van der Waals surface area contributed by atoms with Crippen LogP contribution in [0.25, 0.3) is 0 Å². The van der Waals surface area contributed by atoms with Crippen molar-refractivity contribution in [3.8, 4) is 0 Å². The van der Waals surface area contributed by atoms with Gasteiger partial charge in [-0.2, -0.15) is 9.67 Å². The first-order valence-corrected chi connectivity index (χ1v) is 14.0. The zero-order valence-corrected chi connectivity index (χ0v) is 22.9. The van der Waals surface area contributed by atoms with Crippen LogP contribution in [0.4, 0.5) is 5.95 Å². The largest absolute Gasteiger partial charge is 0.384 e. The summed E-state index contributed by atoms with van der Waals surface area (Å²) in [7, 11) is 0. The summed E-state index contributed by atoms with van der Waals surface area (Å²) in [5, 5.41) is 16.8. The summed E-state index contributed by atoms with van der Waals surface area (Å²) < 4.78 is 6.47.